The van der Waals surface area contributed by atoms with Crippen molar-refractivity contribution in [1.29, 1.82) is 0 Å². The van der Waals surface area contributed by atoms with Crippen LogP contribution in [-0.4, -0.2) is 56.6 Å². The smallest absolute Gasteiger partial charge is 0.248 e. The Morgan fingerprint density at radius 1 is 1.27 bits per heavy atom. The molecule has 140 valence electrons. The van der Waals surface area contributed by atoms with Gasteiger partial charge < -0.3 is 10.2 Å². The zero-order valence-corrected chi connectivity index (χ0v) is 15.3. The molecule has 1 atom stereocenters. The quantitative estimate of drug-likeness (QED) is 0.789. The van der Waals surface area contributed by atoms with Crippen molar-refractivity contribution in [2.45, 2.75) is 39.3 Å². The molecule has 1 N–H and O–H groups in total. The minimum absolute atomic E-state index is 0.0113. The number of halogens is 1. The lowest BCUT2D eigenvalue weighted by Crippen LogP contribution is -2.44. The number of likely N-dealkylation sites (N-methyl/N-ethyl adjacent to an activating group) is 1. The molecule has 0 aliphatic carbocycles. The molecule has 0 saturated carbocycles. The minimum atomic E-state index is -0.729. The number of nitrogens with zero attached hydrogens (tertiary/aromatic N) is 5. The fourth-order valence-electron chi connectivity index (χ4n) is 2.56. The lowest BCUT2D eigenvalue weighted by Gasteiger charge is -2.24. The zero-order chi connectivity index (χ0) is 19.3. The fourth-order valence-corrected chi connectivity index (χ4v) is 2.56. The molecule has 0 aliphatic rings. The normalized spacial score (nSPS) is 12.1. The molecule has 0 unspecified atom stereocenters. The summed E-state index contributed by atoms with van der Waals surface area (Å²) >= 11 is 0. The van der Waals surface area contributed by atoms with E-state index >= 15 is 0 Å². The molecule has 9 heteroatoms. The first-order chi connectivity index (χ1) is 12.3. The fraction of sp³-hybridized carbons (Fsp3) is 0.471. The summed E-state index contributed by atoms with van der Waals surface area (Å²) in [5.74, 6) is -0.420. The molecule has 1 aromatic heterocycles. The largest absolute Gasteiger partial charge is 0.352 e. The second-order valence-electron chi connectivity index (χ2n) is 6.43. The van der Waals surface area contributed by atoms with Gasteiger partial charge in [-0.2, -0.15) is 0 Å². The molecule has 1 heterocycles. The molecule has 1 aromatic carbocycles. The number of aromatic nitrogens is 4. The summed E-state index contributed by atoms with van der Waals surface area (Å²) in [6.45, 7) is 5.32. The molecule has 0 bridgehead atoms. The van der Waals surface area contributed by atoms with Crippen LogP contribution in [0.2, 0.25) is 0 Å². The lowest BCUT2D eigenvalue weighted by atomic mass is 10.0. The van der Waals surface area contributed by atoms with Gasteiger partial charge in [0, 0.05) is 19.5 Å². The van der Waals surface area contributed by atoms with E-state index in [-0.39, 0.29) is 36.6 Å². The van der Waals surface area contributed by atoms with E-state index in [2.05, 4.69) is 20.8 Å². The number of carbonyl (C=O) groups is 2. The molecule has 2 rings (SSSR count). The second-order valence-corrected chi connectivity index (χ2v) is 6.43. The molecule has 26 heavy (non-hydrogen) atoms. The van der Waals surface area contributed by atoms with Crippen molar-refractivity contribution in [3.63, 3.8) is 0 Å². The maximum absolute atomic E-state index is 13.1. The van der Waals surface area contributed by atoms with Gasteiger partial charge >= 0.3 is 0 Å². The van der Waals surface area contributed by atoms with Crippen molar-refractivity contribution in [3.05, 3.63) is 41.5 Å². The number of amides is 2. The summed E-state index contributed by atoms with van der Waals surface area (Å²) in [6.07, 6.45) is 0.279. The summed E-state index contributed by atoms with van der Waals surface area (Å²) in [5, 5.41) is 14.1. The van der Waals surface area contributed by atoms with Crippen LogP contribution in [0.1, 0.15) is 31.3 Å². The standard InChI is InChI=1S/C17H23FN6O2/c1-11(2)19-16(25)10-23(4)17(26)15(24-12(3)20-21-22-24)9-13-5-7-14(18)8-6-13/h5-8,11,15H,9-10H2,1-4H3,(H,19,25)/t15-/m0/s1. The molecule has 0 fully saturated rings. The Labute approximate surface area is 151 Å². The zero-order valence-electron chi connectivity index (χ0n) is 15.3. The van der Waals surface area contributed by atoms with Crippen LogP contribution >= 0.6 is 0 Å². The van der Waals surface area contributed by atoms with Crippen molar-refractivity contribution in [1.82, 2.24) is 30.4 Å². The van der Waals surface area contributed by atoms with Gasteiger partial charge in [-0.15, -0.1) is 5.10 Å². The van der Waals surface area contributed by atoms with Crippen molar-refractivity contribution in [2.24, 2.45) is 0 Å². The van der Waals surface area contributed by atoms with E-state index in [0.29, 0.717) is 5.82 Å². The Morgan fingerprint density at radius 2 is 1.92 bits per heavy atom. The van der Waals surface area contributed by atoms with E-state index in [0.717, 1.165) is 5.56 Å². The molecule has 2 aromatic rings. The Bertz CT molecular complexity index is 759. The highest BCUT2D eigenvalue weighted by molar-refractivity contribution is 5.86. The number of nitrogens with one attached hydrogen (secondary N) is 1. The Balaban J connectivity index is 2.20. The van der Waals surface area contributed by atoms with Gasteiger partial charge in [-0.25, -0.2) is 9.07 Å². The topological polar surface area (TPSA) is 93.0 Å². The third kappa shape index (κ3) is 5.08. The first-order valence-electron chi connectivity index (χ1n) is 8.31. The molecule has 0 spiro atoms. The second kappa shape index (κ2) is 8.50. The number of aryl methyl sites for hydroxylation is 1. The van der Waals surface area contributed by atoms with Crippen molar-refractivity contribution >= 4 is 11.8 Å². The molecule has 0 radical (unpaired) electrons. The van der Waals surface area contributed by atoms with Crippen molar-refractivity contribution in [3.8, 4) is 0 Å². The molecular formula is C17H23FN6O2. The number of tetrazole rings is 1. The monoisotopic (exact) mass is 362 g/mol. The summed E-state index contributed by atoms with van der Waals surface area (Å²) in [6, 6.07) is 5.16. The number of hydrogen-bond acceptors (Lipinski definition) is 5. The predicted molar refractivity (Wildman–Crippen MR) is 92.6 cm³/mol. The van der Waals surface area contributed by atoms with Gasteiger partial charge in [0.15, 0.2) is 0 Å². The highest BCUT2D eigenvalue weighted by atomic mass is 19.1. The van der Waals surface area contributed by atoms with Gasteiger partial charge in [0.1, 0.15) is 17.7 Å². The summed E-state index contributed by atoms with van der Waals surface area (Å²) in [5.41, 5.74) is 0.764. The highest BCUT2D eigenvalue weighted by Gasteiger charge is 2.28. The maximum Gasteiger partial charge on any atom is 0.248 e. The van der Waals surface area contributed by atoms with Crippen LogP contribution in [0, 0.1) is 12.7 Å². The van der Waals surface area contributed by atoms with Crippen LogP contribution in [0.15, 0.2) is 24.3 Å². The third-order valence-electron chi connectivity index (χ3n) is 3.79. The van der Waals surface area contributed by atoms with Gasteiger partial charge in [-0.1, -0.05) is 12.1 Å². The van der Waals surface area contributed by atoms with Gasteiger partial charge in [-0.05, 0) is 48.9 Å². The number of rotatable bonds is 7. The van der Waals surface area contributed by atoms with Gasteiger partial charge in [-0.3, -0.25) is 9.59 Å². The van der Waals surface area contributed by atoms with Gasteiger partial charge in [0.25, 0.3) is 0 Å². The summed E-state index contributed by atoms with van der Waals surface area (Å²) in [7, 11) is 1.56. The highest BCUT2D eigenvalue weighted by Crippen LogP contribution is 2.17. The number of benzene rings is 1. The van der Waals surface area contributed by atoms with Crippen LogP contribution in [0.25, 0.3) is 0 Å². The Kier molecular flexibility index (Phi) is 6.37. The van der Waals surface area contributed by atoms with Crippen LogP contribution in [0.3, 0.4) is 0 Å². The number of carbonyl (C=O) groups excluding carboxylic acids is 2. The average molecular weight is 362 g/mol. The molecule has 2 amide bonds. The summed E-state index contributed by atoms with van der Waals surface area (Å²) in [4.78, 5) is 26.2. The van der Waals surface area contributed by atoms with Crippen LogP contribution in [0.4, 0.5) is 4.39 Å². The van der Waals surface area contributed by atoms with Crippen LogP contribution < -0.4 is 5.32 Å². The Morgan fingerprint density at radius 3 is 2.46 bits per heavy atom. The van der Waals surface area contributed by atoms with Crippen LogP contribution in [0.5, 0.6) is 0 Å². The van der Waals surface area contributed by atoms with Crippen molar-refractivity contribution < 1.29 is 14.0 Å². The molecule has 8 nitrogen and oxygen atoms in total. The minimum Gasteiger partial charge on any atom is -0.352 e. The molecule has 0 aliphatic heterocycles. The van der Waals surface area contributed by atoms with E-state index in [9.17, 15) is 14.0 Å². The molecule has 0 saturated heterocycles. The lowest BCUT2D eigenvalue weighted by molar-refractivity contribution is -0.137. The van der Waals surface area contributed by atoms with E-state index in [1.165, 1.54) is 21.7 Å². The van der Waals surface area contributed by atoms with E-state index in [1.807, 2.05) is 13.8 Å². The average Bonchev–Trinajstić information content (AvgIpc) is 2.98. The molecular weight excluding hydrogens is 339 g/mol. The first-order valence-corrected chi connectivity index (χ1v) is 8.31. The van der Waals surface area contributed by atoms with Gasteiger partial charge in [0.05, 0.1) is 6.54 Å². The Hall–Kier alpha value is -2.84. The van der Waals surface area contributed by atoms with E-state index in [1.54, 1.807) is 26.1 Å². The predicted octanol–water partition coefficient (Wildman–Crippen LogP) is 0.887. The van der Waals surface area contributed by atoms with Crippen molar-refractivity contribution in [2.75, 3.05) is 13.6 Å². The number of hydrogen-bond donors (Lipinski definition) is 1. The SMILES string of the molecule is Cc1nnnn1[C@@H](Cc1ccc(F)cc1)C(=O)N(C)CC(=O)NC(C)C. The maximum atomic E-state index is 13.1. The van der Waals surface area contributed by atoms with Crippen LogP contribution in [-0.2, 0) is 16.0 Å². The van der Waals surface area contributed by atoms with Gasteiger partial charge in [0.2, 0.25) is 11.8 Å². The first kappa shape index (κ1) is 19.5. The van der Waals surface area contributed by atoms with E-state index in [4.69, 9.17) is 0 Å². The third-order valence-corrected chi connectivity index (χ3v) is 3.79. The van der Waals surface area contributed by atoms with E-state index < -0.39 is 6.04 Å². The summed E-state index contributed by atoms with van der Waals surface area (Å²) < 4.78 is 14.6.